The average molecular weight is 270 g/mol. The van der Waals surface area contributed by atoms with Crippen LogP contribution in [0.4, 0.5) is 9.18 Å². The molecule has 1 aliphatic heterocycles. The molecule has 1 aliphatic rings. The number of carbonyl (C=O) groups excluding carboxylic acids is 2. The number of nitrogens with zero attached hydrogens (tertiary/aromatic N) is 2. The number of amides is 1. The van der Waals surface area contributed by atoms with Crippen molar-refractivity contribution in [2.24, 2.45) is 0 Å². The highest BCUT2D eigenvalue weighted by Crippen LogP contribution is 2.28. The first-order valence-electron chi connectivity index (χ1n) is 6.25. The summed E-state index contributed by atoms with van der Waals surface area (Å²) in [7, 11) is 0. The molecule has 0 aromatic rings. The molecule has 0 aliphatic carbocycles. The largest absolute Gasteiger partial charge is 0.444 e. The van der Waals surface area contributed by atoms with Gasteiger partial charge in [0.15, 0.2) is 11.5 Å². The highest BCUT2D eigenvalue weighted by atomic mass is 19.1. The molecule has 0 spiro atoms. The van der Waals surface area contributed by atoms with Crippen LogP contribution in [0.3, 0.4) is 0 Å². The monoisotopic (exact) mass is 270 g/mol. The van der Waals surface area contributed by atoms with Crippen LogP contribution in [0, 0.1) is 11.3 Å². The summed E-state index contributed by atoms with van der Waals surface area (Å²) in [4.78, 5) is 24.6. The van der Waals surface area contributed by atoms with Gasteiger partial charge < -0.3 is 9.64 Å². The molecule has 1 heterocycles. The molecule has 1 amide bonds. The lowest BCUT2D eigenvalue weighted by Gasteiger charge is -2.36. The van der Waals surface area contributed by atoms with E-state index in [0.717, 1.165) is 0 Å². The van der Waals surface area contributed by atoms with E-state index in [1.54, 1.807) is 26.8 Å². The molecule has 0 aromatic heterocycles. The van der Waals surface area contributed by atoms with Crippen molar-refractivity contribution in [3.8, 4) is 6.07 Å². The molecule has 1 rings (SSSR count). The van der Waals surface area contributed by atoms with Crippen molar-refractivity contribution < 1.29 is 18.7 Å². The number of likely N-dealkylation sites (tertiary alicyclic amines) is 1. The van der Waals surface area contributed by atoms with Crippen LogP contribution in [0.25, 0.3) is 0 Å². The van der Waals surface area contributed by atoms with Crippen molar-refractivity contribution >= 4 is 11.9 Å². The van der Waals surface area contributed by atoms with Crippen LogP contribution in [-0.4, -0.2) is 41.1 Å². The van der Waals surface area contributed by atoms with Crippen molar-refractivity contribution in [2.45, 2.75) is 51.3 Å². The van der Waals surface area contributed by atoms with Gasteiger partial charge >= 0.3 is 6.09 Å². The van der Waals surface area contributed by atoms with Gasteiger partial charge in [0.05, 0.1) is 19.0 Å². The molecular weight excluding hydrogens is 251 g/mol. The normalized spacial score (nSPS) is 23.6. The molecule has 106 valence electrons. The maximum Gasteiger partial charge on any atom is 0.410 e. The average Bonchev–Trinajstić information content (AvgIpc) is 2.27. The fraction of sp³-hybridized carbons (Fsp3) is 0.769. The lowest BCUT2D eigenvalue weighted by atomic mass is 9.89. The minimum Gasteiger partial charge on any atom is -0.444 e. The van der Waals surface area contributed by atoms with Gasteiger partial charge in [-0.25, -0.2) is 9.18 Å². The molecule has 5 nitrogen and oxygen atoms in total. The number of Topliss-reactive ketones (excluding diaryl/α,β-unsaturated/α-hetero) is 1. The summed E-state index contributed by atoms with van der Waals surface area (Å²) in [5.41, 5.74) is -2.78. The molecule has 0 N–H and O–H groups in total. The number of ketones is 1. The maximum atomic E-state index is 14.4. The number of carbonyl (C=O) groups is 2. The molecule has 1 saturated heterocycles. The first-order chi connectivity index (χ1) is 8.68. The van der Waals surface area contributed by atoms with Gasteiger partial charge in [-0.15, -0.1) is 0 Å². The van der Waals surface area contributed by atoms with E-state index in [0.29, 0.717) is 13.0 Å². The number of ether oxygens (including phenoxy) is 1. The second kappa shape index (κ2) is 5.55. The Bertz CT molecular complexity index is 411. The summed E-state index contributed by atoms with van der Waals surface area (Å²) in [6.45, 7) is 5.19. The predicted molar refractivity (Wildman–Crippen MR) is 66.1 cm³/mol. The molecule has 19 heavy (non-hydrogen) atoms. The van der Waals surface area contributed by atoms with Gasteiger partial charge in [0.2, 0.25) is 0 Å². The van der Waals surface area contributed by atoms with Crippen molar-refractivity contribution in [1.29, 1.82) is 5.26 Å². The lowest BCUT2D eigenvalue weighted by Crippen LogP contribution is -2.52. The Morgan fingerprint density at radius 3 is 2.63 bits per heavy atom. The topological polar surface area (TPSA) is 70.4 Å². The number of hydrogen-bond donors (Lipinski definition) is 0. The van der Waals surface area contributed by atoms with Gasteiger partial charge in [0, 0.05) is 6.54 Å². The highest BCUT2D eigenvalue weighted by molar-refractivity contribution is 5.89. The van der Waals surface area contributed by atoms with E-state index in [4.69, 9.17) is 10.00 Å². The van der Waals surface area contributed by atoms with E-state index in [9.17, 15) is 14.0 Å². The van der Waals surface area contributed by atoms with Crippen molar-refractivity contribution in [3.05, 3.63) is 0 Å². The first-order valence-corrected chi connectivity index (χ1v) is 6.25. The second-order valence-corrected chi connectivity index (χ2v) is 5.73. The van der Waals surface area contributed by atoms with Crippen molar-refractivity contribution in [3.63, 3.8) is 0 Å². The molecular formula is C13H19FN2O3. The fourth-order valence-corrected chi connectivity index (χ4v) is 1.95. The zero-order valence-electron chi connectivity index (χ0n) is 11.5. The minimum atomic E-state index is -2.12. The fourth-order valence-electron chi connectivity index (χ4n) is 1.95. The number of nitriles is 1. The Labute approximate surface area is 112 Å². The number of halogens is 1. The van der Waals surface area contributed by atoms with Crippen LogP contribution in [0.5, 0.6) is 0 Å². The molecule has 0 bridgehead atoms. The third-order valence-corrected chi connectivity index (χ3v) is 2.83. The Hall–Kier alpha value is -1.64. The van der Waals surface area contributed by atoms with Crippen molar-refractivity contribution in [1.82, 2.24) is 4.90 Å². The van der Waals surface area contributed by atoms with E-state index in [-0.39, 0.29) is 13.0 Å². The molecule has 0 radical (unpaired) electrons. The summed E-state index contributed by atoms with van der Waals surface area (Å²) in [6.07, 6.45) is -0.669. The van der Waals surface area contributed by atoms with Crippen LogP contribution >= 0.6 is 0 Å². The quantitative estimate of drug-likeness (QED) is 0.771. The van der Waals surface area contributed by atoms with Gasteiger partial charge in [-0.05, 0) is 33.6 Å². The second-order valence-electron chi connectivity index (χ2n) is 5.73. The Kier molecular flexibility index (Phi) is 4.51. The zero-order chi connectivity index (χ0) is 14.7. The standard InChI is InChI=1S/C13H19FN2O3/c1-12(2,3)19-11(18)16-8-4-6-13(14,9-16)10(17)5-7-15/h4-6,8-9H2,1-3H3. The number of alkyl halides is 1. The third kappa shape index (κ3) is 4.19. The smallest absolute Gasteiger partial charge is 0.410 e. The van der Waals surface area contributed by atoms with Gasteiger partial charge in [-0.2, -0.15) is 5.26 Å². The van der Waals surface area contributed by atoms with Crippen LogP contribution < -0.4 is 0 Å². The first kappa shape index (κ1) is 15.4. The third-order valence-electron chi connectivity index (χ3n) is 2.83. The SMILES string of the molecule is CC(C)(C)OC(=O)N1CCCC(F)(C(=O)CC#N)C1. The van der Waals surface area contributed by atoms with Crippen LogP contribution in [0.2, 0.25) is 0 Å². The van der Waals surface area contributed by atoms with Gasteiger partial charge in [0.25, 0.3) is 0 Å². The van der Waals surface area contributed by atoms with Gasteiger partial charge in [-0.1, -0.05) is 0 Å². The number of piperidine rings is 1. The van der Waals surface area contributed by atoms with Crippen LogP contribution in [-0.2, 0) is 9.53 Å². The Morgan fingerprint density at radius 1 is 1.47 bits per heavy atom. The van der Waals surface area contributed by atoms with Crippen LogP contribution in [0.15, 0.2) is 0 Å². The number of hydrogen-bond acceptors (Lipinski definition) is 4. The molecule has 1 fully saturated rings. The summed E-state index contributed by atoms with van der Waals surface area (Å²) >= 11 is 0. The summed E-state index contributed by atoms with van der Waals surface area (Å²) < 4.78 is 19.6. The predicted octanol–water partition coefficient (Wildman–Crippen LogP) is 2.21. The van der Waals surface area contributed by atoms with E-state index >= 15 is 0 Å². The van der Waals surface area contributed by atoms with Crippen molar-refractivity contribution in [2.75, 3.05) is 13.1 Å². The summed E-state index contributed by atoms with van der Waals surface area (Å²) in [6, 6.07) is 1.65. The summed E-state index contributed by atoms with van der Waals surface area (Å²) in [5, 5.41) is 8.47. The highest BCUT2D eigenvalue weighted by Gasteiger charge is 2.44. The Morgan fingerprint density at radius 2 is 2.11 bits per heavy atom. The van der Waals surface area contributed by atoms with Crippen LogP contribution in [0.1, 0.15) is 40.0 Å². The van der Waals surface area contributed by atoms with E-state index < -0.39 is 29.6 Å². The lowest BCUT2D eigenvalue weighted by molar-refractivity contribution is -0.132. The Balaban J connectivity index is 2.72. The van der Waals surface area contributed by atoms with Gasteiger partial charge in [0.1, 0.15) is 5.60 Å². The summed E-state index contributed by atoms with van der Waals surface area (Å²) in [5.74, 6) is -0.761. The van der Waals surface area contributed by atoms with E-state index in [1.165, 1.54) is 4.90 Å². The molecule has 1 atom stereocenters. The van der Waals surface area contributed by atoms with Gasteiger partial charge in [-0.3, -0.25) is 4.79 Å². The maximum absolute atomic E-state index is 14.4. The van der Waals surface area contributed by atoms with E-state index in [1.807, 2.05) is 0 Å². The molecule has 0 saturated carbocycles. The minimum absolute atomic E-state index is 0.0484. The number of rotatable bonds is 2. The zero-order valence-corrected chi connectivity index (χ0v) is 11.5. The molecule has 0 aromatic carbocycles. The van der Waals surface area contributed by atoms with E-state index in [2.05, 4.69) is 0 Å². The molecule has 6 heteroatoms. The molecule has 1 unspecified atom stereocenters.